The molecule has 90 valence electrons. The Morgan fingerprint density at radius 3 is 2.19 bits per heavy atom. The van der Waals surface area contributed by atoms with Gasteiger partial charge in [0.15, 0.2) is 0 Å². The van der Waals surface area contributed by atoms with Gasteiger partial charge in [-0.15, -0.1) is 0 Å². The number of aryl methyl sites for hydroxylation is 2. The maximum atomic E-state index is 9.95. The summed E-state index contributed by atoms with van der Waals surface area (Å²) in [7, 11) is 0. The zero-order chi connectivity index (χ0) is 12.3. The number of rotatable bonds is 4. The van der Waals surface area contributed by atoms with Gasteiger partial charge in [0.1, 0.15) is 6.10 Å². The van der Waals surface area contributed by atoms with Crippen LogP contribution in [0.1, 0.15) is 29.2 Å². The summed E-state index contributed by atoms with van der Waals surface area (Å²) in [5.41, 5.74) is 9.16. The van der Waals surface area contributed by atoms with E-state index < -0.39 is 12.2 Å². The summed E-state index contributed by atoms with van der Waals surface area (Å²) < 4.78 is 0. The Kier molecular flexibility index (Phi) is 4.77. The summed E-state index contributed by atoms with van der Waals surface area (Å²) in [5.74, 6) is 0. The van der Waals surface area contributed by atoms with Crippen LogP contribution < -0.4 is 5.73 Å². The van der Waals surface area contributed by atoms with E-state index in [2.05, 4.69) is 15.9 Å². The molecule has 3 nitrogen and oxygen atoms in total. The highest BCUT2D eigenvalue weighted by Gasteiger charge is 2.18. The van der Waals surface area contributed by atoms with E-state index in [1.807, 2.05) is 26.0 Å². The summed E-state index contributed by atoms with van der Waals surface area (Å²) in [6.45, 7) is 3.80. The monoisotopic (exact) mass is 287 g/mol. The van der Waals surface area contributed by atoms with Crippen molar-refractivity contribution in [3.8, 4) is 0 Å². The Morgan fingerprint density at radius 1 is 1.25 bits per heavy atom. The number of hydrogen-bond acceptors (Lipinski definition) is 3. The van der Waals surface area contributed by atoms with Crippen LogP contribution in [-0.2, 0) is 0 Å². The average molecular weight is 288 g/mol. The molecule has 0 aliphatic heterocycles. The van der Waals surface area contributed by atoms with Gasteiger partial charge in [-0.1, -0.05) is 28.1 Å². The molecule has 0 aliphatic carbocycles. The van der Waals surface area contributed by atoms with Crippen LogP contribution in [0.25, 0.3) is 0 Å². The van der Waals surface area contributed by atoms with Crippen LogP contribution in [-0.4, -0.2) is 21.6 Å². The number of anilines is 1. The lowest BCUT2D eigenvalue weighted by Crippen LogP contribution is -2.19. The maximum Gasteiger partial charge on any atom is 0.105 e. The molecule has 0 heterocycles. The molecule has 1 aromatic rings. The van der Waals surface area contributed by atoms with Crippen LogP contribution in [0.4, 0.5) is 5.69 Å². The van der Waals surface area contributed by atoms with Crippen molar-refractivity contribution in [1.29, 1.82) is 0 Å². The van der Waals surface area contributed by atoms with E-state index in [4.69, 9.17) is 5.73 Å². The summed E-state index contributed by atoms with van der Waals surface area (Å²) in [5, 5.41) is 20.3. The first-order valence-electron chi connectivity index (χ1n) is 5.26. The minimum atomic E-state index is -0.851. The zero-order valence-electron chi connectivity index (χ0n) is 9.57. The number of aliphatic hydroxyl groups excluding tert-OH is 2. The molecule has 16 heavy (non-hydrogen) atoms. The molecule has 0 bridgehead atoms. The SMILES string of the molecule is Cc1cc(C(O)C(O)CCBr)cc(C)c1N. The first-order chi connectivity index (χ1) is 7.47. The van der Waals surface area contributed by atoms with Crippen molar-refractivity contribution < 1.29 is 10.2 Å². The third kappa shape index (κ3) is 2.97. The summed E-state index contributed by atoms with van der Waals surface area (Å²) >= 11 is 3.24. The molecule has 0 radical (unpaired) electrons. The quantitative estimate of drug-likeness (QED) is 0.587. The highest BCUT2D eigenvalue weighted by atomic mass is 79.9. The van der Waals surface area contributed by atoms with Gasteiger partial charge in [0, 0.05) is 11.0 Å². The fraction of sp³-hybridized carbons (Fsp3) is 0.500. The number of nitrogen functional groups attached to an aromatic ring is 1. The molecule has 0 aromatic heterocycles. The van der Waals surface area contributed by atoms with E-state index in [9.17, 15) is 10.2 Å². The van der Waals surface area contributed by atoms with Gasteiger partial charge in [0.25, 0.3) is 0 Å². The molecule has 0 saturated heterocycles. The molecule has 1 rings (SSSR count). The second-order valence-corrected chi connectivity index (χ2v) is 4.85. The lowest BCUT2D eigenvalue weighted by atomic mass is 9.97. The lowest BCUT2D eigenvalue weighted by Gasteiger charge is -2.19. The number of alkyl halides is 1. The molecule has 0 aliphatic rings. The van der Waals surface area contributed by atoms with Crippen LogP contribution >= 0.6 is 15.9 Å². The van der Waals surface area contributed by atoms with Crippen LogP contribution in [0, 0.1) is 13.8 Å². The van der Waals surface area contributed by atoms with Crippen LogP contribution in [0.15, 0.2) is 12.1 Å². The van der Waals surface area contributed by atoms with Gasteiger partial charge in [-0.05, 0) is 37.0 Å². The predicted octanol–water partition coefficient (Wildman–Crippen LogP) is 2.06. The van der Waals surface area contributed by atoms with Crippen LogP contribution in [0.3, 0.4) is 0 Å². The van der Waals surface area contributed by atoms with Crippen molar-refractivity contribution >= 4 is 21.6 Å². The molecular formula is C12H18BrNO2. The molecule has 0 amide bonds. The Morgan fingerprint density at radius 2 is 1.75 bits per heavy atom. The van der Waals surface area contributed by atoms with Crippen molar-refractivity contribution in [1.82, 2.24) is 0 Å². The number of hydrogen-bond donors (Lipinski definition) is 3. The molecule has 4 N–H and O–H groups in total. The minimum Gasteiger partial charge on any atom is -0.398 e. The second-order valence-electron chi connectivity index (χ2n) is 4.06. The van der Waals surface area contributed by atoms with Gasteiger partial charge in [0.2, 0.25) is 0 Å². The maximum absolute atomic E-state index is 9.95. The first-order valence-corrected chi connectivity index (χ1v) is 6.38. The van der Waals surface area contributed by atoms with Crippen LogP contribution in [0.5, 0.6) is 0 Å². The normalized spacial score (nSPS) is 14.8. The zero-order valence-corrected chi connectivity index (χ0v) is 11.2. The summed E-state index contributed by atoms with van der Waals surface area (Å²) in [6.07, 6.45) is -1.08. The molecule has 0 spiro atoms. The smallest absolute Gasteiger partial charge is 0.105 e. The van der Waals surface area contributed by atoms with Crippen molar-refractivity contribution in [2.24, 2.45) is 0 Å². The molecule has 4 heteroatoms. The van der Waals surface area contributed by atoms with Gasteiger partial charge >= 0.3 is 0 Å². The first kappa shape index (κ1) is 13.5. The van der Waals surface area contributed by atoms with Crippen molar-refractivity contribution in [2.75, 3.05) is 11.1 Å². The second kappa shape index (κ2) is 5.66. The van der Waals surface area contributed by atoms with E-state index in [1.54, 1.807) is 0 Å². The number of nitrogens with two attached hydrogens (primary N) is 1. The summed E-state index contributed by atoms with van der Waals surface area (Å²) in [4.78, 5) is 0. The fourth-order valence-corrected chi connectivity index (χ4v) is 2.14. The van der Waals surface area contributed by atoms with E-state index in [1.165, 1.54) is 0 Å². The number of halogens is 1. The fourth-order valence-electron chi connectivity index (χ4n) is 1.67. The molecular weight excluding hydrogens is 270 g/mol. The molecule has 1 aromatic carbocycles. The van der Waals surface area contributed by atoms with Crippen LogP contribution in [0.2, 0.25) is 0 Å². The summed E-state index contributed by atoms with van der Waals surface area (Å²) in [6, 6.07) is 3.65. The Bertz CT molecular complexity index is 345. The average Bonchev–Trinajstić information content (AvgIpc) is 2.24. The highest BCUT2D eigenvalue weighted by Crippen LogP contribution is 2.25. The van der Waals surface area contributed by atoms with Crippen molar-refractivity contribution in [3.63, 3.8) is 0 Å². The Hall–Kier alpha value is -0.580. The molecule has 2 unspecified atom stereocenters. The minimum absolute atomic E-state index is 0.517. The van der Waals surface area contributed by atoms with Gasteiger partial charge in [0.05, 0.1) is 6.10 Å². The van der Waals surface area contributed by atoms with E-state index >= 15 is 0 Å². The Labute approximate surface area is 104 Å². The van der Waals surface area contributed by atoms with Gasteiger partial charge in [-0.25, -0.2) is 0 Å². The van der Waals surface area contributed by atoms with E-state index in [-0.39, 0.29) is 0 Å². The molecule has 0 saturated carbocycles. The molecule has 2 atom stereocenters. The Balaban J connectivity index is 2.96. The van der Waals surface area contributed by atoms with Gasteiger partial charge < -0.3 is 15.9 Å². The van der Waals surface area contributed by atoms with Crippen molar-refractivity contribution in [2.45, 2.75) is 32.5 Å². The third-order valence-corrected chi connectivity index (χ3v) is 3.18. The lowest BCUT2D eigenvalue weighted by molar-refractivity contribution is 0.0173. The third-order valence-electron chi connectivity index (χ3n) is 2.73. The standard InChI is InChI=1S/C12H18BrNO2/c1-7-5-9(6-8(2)11(7)14)12(16)10(15)3-4-13/h5-6,10,12,15-16H,3-4,14H2,1-2H3. The van der Waals surface area contributed by atoms with Gasteiger partial charge in [-0.3, -0.25) is 0 Å². The van der Waals surface area contributed by atoms with E-state index in [0.29, 0.717) is 11.8 Å². The molecule has 0 fully saturated rings. The largest absolute Gasteiger partial charge is 0.398 e. The highest BCUT2D eigenvalue weighted by molar-refractivity contribution is 9.09. The number of aliphatic hydroxyl groups is 2. The van der Waals surface area contributed by atoms with Gasteiger partial charge in [-0.2, -0.15) is 0 Å². The van der Waals surface area contributed by atoms with Crippen molar-refractivity contribution in [3.05, 3.63) is 28.8 Å². The van der Waals surface area contributed by atoms with E-state index in [0.717, 1.165) is 22.4 Å². The topological polar surface area (TPSA) is 66.5 Å². The number of benzene rings is 1. The predicted molar refractivity (Wildman–Crippen MR) is 69.7 cm³/mol.